The fourth-order valence-electron chi connectivity index (χ4n) is 3.71. The van der Waals surface area contributed by atoms with Gasteiger partial charge >= 0.3 is 0 Å². The zero-order valence-corrected chi connectivity index (χ0v) is 16.9. The van der Waals surface area contributed by atoms with Crippen LogP contribution < -0.4 is 16.4 Å². The summed E-state index contributed by atoms with van der Waals surface area (Å²) < 4.78 is 18.3. The fourth-order valence-corrected chi connectivity index (χ4v) is 3.71. The highest BCUT2D eigenvalue weighted by atomic mass is 19.1. The number of nitrogens with two attached hydrogens (primary N) is 1. The minimum atomic E-state index is -1.12. The Morgan fingerprint density at radius 1 is 0.906 bits per heavy atom. The summed E-state index contributed by atoms with van der Waals surface area (Å²) in [5.41, 5.74) is 8.20. The van der Waals surface area contributed by atoms with Crippen molar-refractivity contribution in [3.05, 3.63) is 72.5 Å². The van der Waals surface area contributed by atoms with Crippen molar-refractivity contribution in [3.8, 4) is 11.1 Å². The second kappa shape index (κ2) is 7.49. The smallest absolute Gasteiger partial charge is 0.240 e. The van der Waals surface area contributed by atoms with Gasteiger partial charge in [0.2, 0.25) is 11.8 Å². The Balaban J connectivity index is 1.31. The molecule has 1 aliphatic carbocycles. The number of carbonyl (C=O) groups excluding carboxylic acids is 2. The van der Waals surface area contributed by atoms with Gasteiger partial charge in [-0.1, -0.05) is 29.4 Å². The number of anilines is 3. The molecule has 2 amide bonds. The minimum absolute atomic E-state index is 0.316. The van der Waals surface area contributed by atoms with Gasteiger partial charge in [-0.15, -0.1) is 0 Å². The summed E-state index contributed by atoms with van der Waals surface area (Å²) in [7, 11) is 0. The number of fused-ring (bicyclic) bond motifs is 1. The van der Waals surface area contributed by atoms with Crippen LogP contribution in [0.4, 0.5) is 21.6 Å². The van der Waals surface area contributed by atoms with E-state index >= 15 is 0 Å². The lowest BCUT2D eigenvalue weighted by Gasteiger charge is -2.16. The van der Waals surface area contributed by atoms with Crippen molar-refractivity contribution in [2.75, 3.05) is 16.4 Å². The van der Waals surface area contributed by atoms with E-state index in [1.165, 1.54) is 24.3 Å². The molecule has 8 heteroatoms. The number of nitrogens with zero attached hydrogens (tertiary/aromatic N) is 1. The van der Waals surface area contributed by atoms with Crippen LogP contribution in [0.1, 0.15) is 12.8 Å². The van der Waals surface area contributed by atoms with Gasteiger partial charge in [0.05, 0.1) is 5.39 Å². The fraction of sp³-hybridized carbons (Fsp3) is 0.125. The van der Waals surface area contributed by atoms with E-state index in [0.29, 0.717) is 35.6 Å². The summed E-state index contributed by atoms with van der Waals surface area (Å²) in [4.78, 5) is 25.5. The maximum atomic E-state index is 13.1. The molecular formula is C24H19FN4O3. The number of hydrogen-bond donors (Lipinski definition) is 3. The number of nitrogens with one attached hydrogen (secondary N) is 2. The molecule has 1 saturated carbocycles. The van der Waals surface area contributed by atoms with E-state index in [1.807, 2.05) is 24.3 Å². The predicted molar refractivity (Wildman–Crippen MR) is 119 cm³/mol. The molecule has 1 aromatic heterocycles. The highest BCUT2D eigenvalue weighted by Crippen LogP contribution is 2.47. The normalized spacial score (nSPS) is 14.2. The molecule has 0 spiro atoms. The molecule has 160 valence electrons. The molecule has 3 aromatic carbocycles. The molecule has 0 unspecified atom stereocenters. The molecule has 0 saturated heterocycles. The molecule has 1 aliphatic rings. The lowest BCUT2D eigenvalue weighted by molar-refractivity contribution is -0.131. The van der Waals surface area contributed by atoms with Crippen LogP contribution in [0.15, 0.2) is 71.3 Å². The Kier molecular flexibility index (Phi) is 4.62. The summed E-state index contributed by atoms with van der Waals surface area (Å²) in [6.45, 7) is 0. The molecular weight excluding hydrogens is 411 g/mol. The van der Waals surface area contributed by atoms with Crippen molar-refractivity contribution in [3.63, 3.8) is 0 Å². The van der Waals surface area contributed by atoms with Crippen molar-refractivity contribution < 1.29 is 18.5 Å². The first kappa shape index (κ1) is 19.7. The van der Waals surface area contributed by atoms with Gasteiger partial charge in [0.25, 0.3) is 0 Å². The molecule has 0 atom stereocenters. The number of aromatic nitrogens is 1. The molecule has 0 bridgehead atoms. The van der Waals surface area contributed by atoms with Crippen molar-refractivity contribution >= 4 is 40.0 Å². The second-order valence-electron chi connectivity index (χ2n) is 7.82. The van der Waals surface area contributed by atoms with E-state index in [-0.39, 0.29) is 5.91 Å². The number of rotatable bonds is 5. The highest BCUT2D eigenvalue weighted by Gasteiger charge is 2.56. The quantitative estimate of drug-likeness (QED) is 0.402. The SMILES string of the molecule is Nc1noc2cccc(-c3ccc(NC(=O)C4(C(=O)Nc5ccc(F)cc5)CC4)cc3)c12. The molecule has 5 rings (SSSR count). The van der Waals surface area contributed by atoms with Crippen LogP contribution in [0.2, 0.25) is 0 Å². The lowest BCUT2D eigenvalue weighted by atomic mass is 10.0. The van der Waals surface area contributed by atoms with E-state index in [1.54, 1.807) is 18.2 Å². The van der Waals surface area contributed by atoms with Crippen LogP contribution in [0.3, 0.4) is 0 Å². The molecule has 1 heterocycles. The van der Waals surface area contributed by atoms with E-state index in [2.05, 4.69) is 15.8 Å². The standard InChI is InChI=1S/C24H19FN4O3/c25-15-6-10-17(11-7-15)28-23(31)24(12-13-24)22(30)27-16-8-4-14(5-9-16)18-2-1-3-19-20(18)21(26)29-32-19/h1-11H,12-13H2,(H2,26,29)(H,27,30)(H,28,31). The summed E-state index contributed by atoms with van der Waals surface area (Å²) in [5, 5.41) is 10.1. The summed E-state index contributed by atoms with van der Waals surface area (Å²) >= 11 is 0. The van der Waals surface area contributed by atoms with E-state index < -0.39 is 17.1 Å². The minimum Gasteiger partial charge on any atom is -0.380 e. The van der Waals surface area contributed by atoms with Gasteiger partial charge in [0.1, 0.15) is 11.2 Å². The highest BCUT2D eigenvalue weighted by molar-refractivity contribution is 6.17. The van der Waals surface area contributed by atoms with Crippen LogP contribution in [0.5, 0.6) is 0 Å². The number of carbonyl (C=O) groups is 2. The number of halogens is 1. The zero-order chi connectivity index (χ0) is 22.3. The first-order valence-electron chi connectivity index (χ1n) is 10.1. The Bertz CT molecular complexity index is 1330. The maximum absolute atomic E-state index is 13.1. The summed E-state index contributed by atoms with van der Waals surface area (Å²) in [6.07, 6.45) is 0.914. The van der Waals surface area contributed by atoms with Crippen LogP contribution in [-0.4, -0.2) is 17.0 Å². The molecule has 32 heavy (non-hydrogen) atoms. The zero-order valence-electron chi connectivity index (χ0n) is 16.9. The molecule has 0 aliphatic heterocycles. The monoisotopic (exact) mass is 430 g/mol. The van der Waals surface area contributed by atoms with E-state index in [4.69, 9.17) is 10.3 Å². The van der Waals surface area contributed by atoms with Crippen molar-refractivity contribution in [2.24, 2.45) is 5.41 Å². The Morgan fingerprint density at radius 3 is 2.09 bits per heavy atom. The van der Waals surface area contributed by atoms with Gasteiger partial charge in [0, 0.05) is 11.4 Å². The predicted octanol–water partition coefficient (Wildman–Crippen LogP) is 4.57. The third-order valence-corrected chi connectivity index (χ3v) is 5.70. The number of nitrogen functional groups attached to an aromatic ring is 1. The molecule has 1 fully saturated rings. The van der Waals surface area contributed by atoms with Gasteiger partial charge in [-0.25, -0.2) is 4.39 Å². The Labute approximate surface area is 182 Å². The average Bonchev–Trinajstić information content (AvgIpc) is 3.54. The topological polar surface area (TPSA) is 110 Å². The van der Waals surface area contributed by atoms with E-state index in [0.717, 1.165) is 16.5 Å². The third-order valence-electron chi connectivity index (χ3n) is 5.70. The number of hydrogen-bond acceptors (Lipinski definition) is 5. The van der Waals surface area contributed by atoms with Crippen molar-refractivity contribution in [2.45, 2.75) is 12.8 Å². The average molecular weight is 430 g/mol. The molecule has 4 N–H and O–H groups in total. The van der Waals surface area contributed by atoms with Gasteiger partial charge in [0.15, 0.2) is 11.4 Å². The number of amides is 2. The third kappa shape index (κ3) is 3.45. The molecule has 4 aromatic rings. The maximum Gasteiger partial charge on any atom is 0.240 e. The van der Waals surface area contributed by atoms with Crippen LogP contribution in [0, 0.1) is 11.2 Å². The Morgan fingerprint density at radius 2 is 1.50 bits per heavy atom. The largest absolute Gasteiger partial charge is 0.380 e. The summed E-state index contributed by atoms with van der Waals surface area (Å²) in [6, 6.07) is 18.2. The van der Waals surface area contributed by atoms with Crippen LogP contribution >= 0.6 is 0 Å². The molecule has 7 nitrogen and oxygen atoms in total. The van der Waals surface area contributed by atoms with Crippen molar-refractivity contribution in [1.82, 2.24) is 5.16 Å². The first-order valence-corrected chi connectivity index (χ1v) is 10.1. The van der Waals surface area contributed by atoms with Gasteiger partial charge < -0.3 is 20.9 Å². The van der Waals surface area contributed by atoms with Crippen LogP contribution in [0.25, 0.3) is 22.1 Å². The number of benzene rings is 3. The van der Waals surface area contributed by atoms with Crippen molar-refractivity contribution in [1.29, 1.82) is 0 Å². The van der Waals surface area contributed by atoms with Gasteiger partial charge in [-0.3, -0.25) is 9.59 Å². The first-order chi connectivity index (χ1) is 15.5. The second-order valence-corrected chi connectivity index (χ2v) is 7.82. The lowest BCUT2D eigenvalue weighted by Crippen LogP contribution is -2.35. The Hall–Kier alpha value is -4.20. The van der Waals surface area contributed by atoms with Gasteiger partial charge in [-0.05, 0) is 66.4 Å². The van der Waals surface area contributed by atoms with E-state index in [9.17, 15) is 14.0 Å². The van der Waals surface area contributed by atoms with Gasteiger partial charge in [-0.2, -0.15) is 0 Å². The molecule has 0 radical (unpaired) electrons. The summed E-state index contributed by atoms with van der Waals surface area (Å²) in [5.74, 6) is -0.841. The van der Waals surface area contributed by atoms with Crippen LogP contribution in [-0.2, 0) is 9.59 Å².